The van der Waals surface area contributed by atoms with Gasteiger partial charge in [0.25, 0.3) is 5.91 Å². The van der Waals surface area contributed by atoms with E-state index >= 15 is 0 Å². The van der Waals surface area contributed by atoms with E-state index in [0.717, 1.165) is 11.4 Å². The van der Waals surface area contributed by atoms with E-state index in [1.54, 1.807) is 29.2 Å². The van der Waals surface area contributed by atoms with Crippen molar-refractivity contribution < 1.29 is 9.90 Å². The highest BCUT2D eigenvalue weighted by atomic mass is 32.2. The number of nitrogens with zero attached hydrogens (tertiary/aromatic N) is 3. The molecule has 1 N–H and O–H groups in total. The molecule has 134 valence electrons. The van der Waals surface area contributed by atoms with Gasteiger partial charge in [0.05, 0.1) is 16.3 Å². The molecule has 27 heavy (non-hydrogen) atoms. The van der Waals surface area contributed by atoms with Gasteiger partial charge in [-0.25, -0.2) is 4.98 Å². The lowest BCUT2D eigenvalue weighted by molar-refractivity contribution is -0.113. The number of phenolic OH excluding ortho intramolecular Hbond substituents is 1. The highest BCUT2D eigenvalue weighted by Gasteiger charge is 2.35. The SMILES string of the molecule is Cc1csc(/N=C2/S/C(=C\c3ccccc3O)C(=O)N2c2ccccc2)n1. The molecule has 1 aromatic heterocycles. The van der Waals surface area contributed by atoms with Gasteiger partial charge in [0, 0.05) is 10.9 Å². The minimum Gasteiger partial charge on any atom is -0.507 e. The molecule has 1 aliphatic rings. The molecule has 1 saturated heterocycles. The number of carbonyl (C=O) groups is 1. The van der Waals surface area contributed by atoms with E-state index in [0.29, 0.717) is 20.8 Å². The summed E-state index contributed by atoms with van der Waals surface area (Å²) in [4.78, 5) is 24.1. The van der Waals surface area contributed by atoms with Crippen LogP contribution in [0.3, 0.4) is 0 Å². The zero-order valence-electron chi connectivity index (χ0n) is 14.4. The first-order valence-corrected chi connectivity index (χ1v) is 9.89. The van der Waals surface area contributed by atoms with Crippen LogP contribution in [0.25, 0.3) is 6.08 Å². The molecule has 7 heteroatoms. The van der Waals surface area contributed by atoms with Crippen molar-refractivity contribution >= 4 is 51.1 Å². The van der Waals surface area contributed by atoms with Gasteiger partial charge in [-0.2, -0.15) is 4.99 Å². The summed E-state index contributed by atoms with van der Waals surface area (Å²) in [6.07, 6.45) is 1.69. The third kappa shape index (κ3) is 3.65. The van der Waals surface area contributed by atoms with Gasteiger partial charge in [-0.15, -0.1) is 11.3 Å². The average Bonchev–Trinajstić information content (AvgIpc) is 3.21. The number of aromatic hydroxyl groups is 1. The van der Waals surface area contributed by atoms with Crippen molar-refractivity contribution in [3.8, 4) is 5.75 Å². The number of amidine groups is 1. The van der Waals surface area contributed by atoms with E-state index in [-0.39, 0.29) is 11.7 Å². The molecule has 1 aliphatic heterocycles. The summed E-state index contributed by atoms with van der Waals surface area (Å²) in [7, 11) is 0. The molecule has 3 aromatic rings. The molecular weight excluding hydrogens is 378 g/mol. The van der Waals surface area contributed by atoms with Crippen molar-refractivity contribution in [1.82, 2.24) is 4.98 Å². The summed E-state index contributed by atoms with van der Waals surface area (Å²) < 4.78 is 0. The number of benzene rings is 2. The summed E-state index contributed by atoms with van der Waals surface area (Å²) >= 11 is 2.71. The van der Waals surface area contributed by atoms with Crippen LogP contribution in [0.5, 0.6) is 5.75 Å². The highest BCUT2D eigenvalue weighted by Crippen LogP contribution is 2.38. The number of thioether (sulfide) groups is 1. The summed E-state index contributed by atoms with van der Waals surface area (Å²) in [5.41, 5.74) is 2.22. The number of rotatable bonds is 3. The van der Waals surface area contributed by atoms with E-state index in [1.165, 1.54) is 23.1 Å². The number of hydrogen-bond acceptors (Lipinski definition) is 6. The third-order valence-electron chi connectivity index (χ3n) is 3.84. The molecule has 0 unspecified atom stereocenters. The van der Waals surface area contributed by atoms with Crippen molar-refractivity contribution in [3.05, 3.63) is 76.1 Å². The van der Waals surface area contributed by atoms with Crippen LogP contribution in [0.1, 0.15) is 11.3 Å². The first-order chi connectivity index (χ1) is 13.1. The fourth-order valence-corrected chi connectivity index (χ4v) is 4.27. The Balaban J connectivity index is 1.78. The highest BCUT2D eigenvalue weighted by molar-refractivity contribution is 8.19. The number of aliphatic imine (C=N–C) groups is 1. The van der Waals surface area contributed by atoms with Gasteiger partial charge in [-0.05, 0) is 43.0 Å². The lowest BCUT2D eigenvalue weighted by Crippen LogP contribution is -2.28. The molecule has 0 bridgehead atoms. The van der Waals surface area contributed by atoms with E-state index < -0.39 is 0 Å². The number of anilines is 1. The lowest BCUT2D eigenvalue weighted by atomic mass is 10.2. The number of para-hydroxylation sites is 2. The summed E-state index contributed by atoms with van der Waals surface area (Å²) in [5, 5.41) is 13.1. The van der Waals surface area contributed by atoms with Crippen LogP contribution in [0.4, 0.5) is 10.8 Å². The zero-order chi connectivity index (χ0) is 18.8. The van der Waals surface area contributed by atoms with Crippen LogP contribution in [0.15, 0.2) is 69.9 Å². The van der Waals surface area contributed by atoms with E-state index in [4.69, 9.17) is 0 Å². The van der Waals surface area contributed by atoms with Gasteiger partial charge in [0.2, 0.25) is 5.13 Å². The molecule has 2 aromatic carbocycles. The smallest absolute Gasteiger partial charge is 0.271 e. The average molecular weight is 393 g/mol. The first kappa shape index (κ1) is 17.5. The summed E-state index contributed by atoms with van der Waals surface area (Å²) in [6.45, 7) is 1.91. The Hall–Kier alpha value is -2.90. The lowest BCUT2D eigenvalue weighted by Gasteiger charge is -2.14. The quantitative estimate of drug-likeness (QED) is 0.638. The third-order valence-corrected chi connectivity index (χ3v) is 5.66. The maximum Gasteiger partial charge on any atom is 0.271 e. The second-order valence-corrected chi connectivity index (χ2v) is 7.66. The summed E-state index contributed by atoms with van der Waals surface area (Å²) in [5.74, 6) is -0.0490. The number of aryl methyl sites for hydroxylation is 1. The Kier molecular flexibility index (Phi) is 4.79. The van der Waals surface area contributed by atoms with Gasteiger partial charge >= 0.3 is 0 Å². The van der Waals surface area contributed by atoms with Crippen LogP contribution in [0, 0.1) is 6.92 Å². The molecule has 4 rings (SSSR count). The molecule has 5 nitrogen and oxygen atoms in total. The van der Waals surface area contributed by atoms with Crippen LogP contribution in [-0.4, -0.2) is 21.2 Å². The van der Waals surface area contributed by atoms with Gasteiger partial charge in [0.1, 0.15) is 5.75 Å². The number of aromatic nitrogens is 1. The molecule has 0 atom stereocenters. The fraction of sp³-hybridized carbons (Fsp3) is 0.0500. The normalized spacial score (nSPS) is 17.2. The van der Waals surface area contributed by atoms with Crippen LogP contribution >= 0.6 is 23.1 Å². The molecule has 0 saturated carbocycles. The molecule has 0 radical (unpaired) electrons. The minimum absolute atomic E-state index is 0.130. The van der Waals surface area contributed by atoms with Crippen LogP contribution in [-0.2, 0) is 4.79 Å². The van der Waals surface area contributed by atoms with Gasteiger partial charge in [-0.3, -0.25) is 9.69 Å². The monoisotopic (exact) mass is 393 g/mol. The fourth-order valence-electron chi connectivity index (χ4n) is 2.58. The maximum atomic E-state index is 13.1. The molecule has 1 fully saturated rings. The van der Waals surface area contributed by atoms with Crippen LogP contribution in [0.2, 0.25) is 0 Å². The predicted molar refractivity (Wildman–Crippen MR) is 112 cm³/mol. The van der Waals surface area contributed by atoms with Crippen LogP contribution < -0.4 is 4.90 Å². The van der Waals surface area contributed by atoms with Crippen molar-refractivity contribution in [2.75, 3.05) is 4.90 Å². The van der Waals surface area contributed by atoms with Gasteiger partial charge in [-0.1, -0.05) is 36.4 Å². The molecule has 1 amide bonds. The number of carbonyl (C=O) groups excluding carboxylic acids is 1. The second kappa shape index (κ2) is 7.38. The number of thiazole rings is 1. The minimum atomic E-state index is -0.179. The largest absolute Gasteiger partial charge is 0.507 e. The van der Waals surface area contributed by atoms with Gasteiger partial charge in [0.15, 0.2) is 5.17 Å². The molecule has 0 spiro atoms. The zero-order valence-corrected chi connectivity index (χ0v) is 16.0. The predicted octanol–water partition coefficient (Wildman–Crippen LogP) is 4.97. The molecule has 0 aliphatic carbocycles. The Bertz CT molecular complexity index is 1060. The van der Waals surface area contributed by atoms with E-state index in [1.807, 2.05) is 48.7 Å². The Morgan fingerprint density at radius 2 is 1.85 bits per heavy atom. The molecule has 2 heterocycles. The van der Waals surface area contributed by atoms with Crippen molar-refractivity contribution in [2.24, 2.45) is 4.99 Å². The number of hydrogen-bond donors (Lipinski definition) is 1. The van der Waals surface area contributed by atoms with E-state index in [2.05, 4.69) is 9.98 Å². The topological polar surface area (TPSA) is 65.8 Å². The number of amides is 1. The maximum absolute atomic E-state index is 13.1. The van der Waals surface area contributed by atoms with E-state index in [9.17, 15) is 9.90 Å². The molecular formula is C20H15N3O2S2. The first-order valence-electron chi connectivity index (χ1n) is 8.20. The van der Waals surface area contributed by atoms with Crippen molar-refractivity contribution in [1.29, 1.82) is 0 Å². The Labute approximate surface area is 164 Å². The second-order valence-electron chi connectivity index (χ2n) is 5.81. The van der Waals surface area contributed by atoms with Crippen molar-refractivity contribution in [3.63, 3.8) is 0 Å². The van der Waals surface area contributed by atoms with Crippen molar-refractivity contribution in [2.45, 2.75) is 6.92 Å². The summed E-state index contributed by atoms with van der Waals surface area (Å²) in [6, 6.07) is 16.3. The Morgan fingerprint density at radius 3 is 2.56 bits per heavy atom. The van der Waals surface area contributed by atoms with Gasteiger partial charge < -0.3 is 5.11 Å². The standard InChI is InChI=1S/C20H15N3O2S2/c1-13-12-26-19(21-13)22-20-23(15-8-3-2-4-9-15)18(25)17(27-20)11-14-7-5-6-10-16(14)24/h2-12,24H,1H3/b17-11-,22-20+. The number of phenols is 1. The Morgan fingerprint density at radius 1 is 1.11 bits per heavy atom.